The van der Waals surface area contributed by atoms with Gasteiger partial charge in [-0.2, -0.15) is 0 Å². The Labute approximate surface area is 138 Å². The van der Waals surface area contributed by atoms with Gasteiger partial charge in [0.05, 0.1) is 17.2 Å². The summed E-state index contributed by atoms with van der Waals surface area (Å²) in [6, 6.07) is 9.73. The van der Waals surface area contributed by atoms with Gasteiger partial charge >= 0.3 is 0 Å². The van der Waals surface area contributed by atoms with Gasteiger partial charge in [0.2, 0.25) is 0 Å². The molecule has 1 aliphatic rings. The Balaban J connectivity index is 2.07. The molecule has 0 saturated carbocycles. The summed E-state index contributed by atoms with van der Waals surface area (Å²) in [5, 5.41) is 9.94. The maximum atomic E-state index is 12.4. The Bertz CT molecular complexity index is 815. The van der Waals surface area contributed by atoms with Gasteiger partial charge in [-0.05, 0) is 30.7 Å². The molecule has 0 saturated heterocycles. The minimum atomic E-state index is -0.312. The molecule has 3 rings (SSSR count). The van der Waals surface area contributed by atoms with E-state index in [0.29, 0.717) is 23.3 Å². The van der Waals surface area contributed by atoms with E-state index < -0.39 is 0 Å². The fourth-order valence-corrected chi connectivity index (χ4v) is 2.73. The Morgan fingerprint density at radius 1 is 1.13 bits per heavy atom. The molecule has 5 heteroatoms. The van der Waals surface area contributed by atoms with Crippen LogP contribution in [0.1, 0.15) is 33.2 Å². The molecular weight excluding hydrogens is 316 g/mol. The van der Waals surface area contributed by atoms with Crippen LogP contribution in [0.15, 0.2) is 42.0 Å². The first kappa shape index (κ1) is 15.3. The molecule has 0 heterocycles. The van der Waals surface area contributed by atoms with Crippen LogP contribution in [0.2, 0.25) is 5.02 Å². The first-order chi connectivity index (χ1) is 11.0. The lowest BCUT2D eigenvalue weighted by Gasteiger charge is -2.08. The number of rotatable bonds is 3. The lowest BCUT2D eigenvalue weighted by atomic mass is 10.1. The average Bonchev–Trinajstić information content (AvgIpc) is 2.78. The lowest BCUT2D eigenvalue weighted by Crippen LogP contribution is -2.00. The van der Waals surface area contributed by atoms with E-state index in [9.17, 15) is 14.7 Å². The van der Waals surface area contributed by atoms with E-state index in [1.54, 1.807) is 37.3 Å². The third kappa shape index (κ3) is 2.62. The molecule has 0 radical (unpaired) electrons. The maximum Gasteiger partial charge on any atom is 0.197 e. The van der Waals surface area contributed by atoms with Crippen molar-refractivity contribution in [2.24, 2.45) is 0 Å². The summed E-state index contributed by atoms with van der Waals surface area (Å²) >= 11 is 5.97. The van der Waals surface area contributed by atoms with Crippen molar-refractivity contribution >= 4 is 29.2 Å². The van der Waals surface area contributed by atoms with Crippen LogP contribution in [0, 0.1) is 0 Å². The van der Waals surface area contributed by atoms with Gasteiger partial charge in [0.1, 0.15) is 0 Å². The summed E-state index contributed by atoms with van der Waals surface area (Å²) < 4.78 is 5.30. The molecule has 1 aliphatic carbocycles. The highest BCUT2D eigenvalue weighted by Gasteiger charge is 2.32. The predicted octanol–water partition coefficient (Wildman–Crippen LogP) is 3.91. The summed E-state index contributed by atoms with van der Waals surface area (Å²) in [7, 11) is 0. The van der Waals surface area contributed by atoms with Crippen molar-refractivity contribution in [3.05, 3.63) is 63.7 Å². The van der Waals surface area contributed by atoms with Crippen molar-refractivity contribution in [2.45, 2.75) is 6.92 Å². The molecule has 0 fully saturated rings. The van der Waals surface area contributed by atoms with Gasteiger partial charge in [-0.25, -0.2) is 0 Å². The van der Waals surface area contributed by atoms with Crippen molar-refractivity contribution < 1.29 is 19.4 Å². The number of phenols is 1. The number of phenolic OH excluding ortho intramolecular Hbond substituents is 1. The number of hydrogen-bond donors (Lipinski definition) is 1. The Morgan fingerprint density at radius 3 is 2.30 bits per heavy atom. The van der Waals surface area contributed by atoms with E-state index in [-0.39, 0.29) is 33.7 Å². The van der Waals surface area contributed by atoms with Crippen LogP contribution in [-0.2, 0) is 0 Å². The van der Waals surface area contributed by atoms with Crippen LogP contribution in [0.5, 0.6) is 11.5 Å². The van der Waals surface area contributed by atoms with Crippen LogP contribution in [0.25, 0.3) is 6.08 Å². The molecule has 0 unspecified atom stereocenters. The van der Waals surface area contributed by atoms with E-state index in [0.717, 1.165) is 0 Å². The maximum absolute atomic E-state index is 12.4. The van der Waals surface area contributed by atoms with Gasteiger partial charge in [0.25, 0.3) is 0 Å². The van der Waals surface area contributed by atoms with Gasteiger partial charge in [-0.15, -0.1) is 0 Å². The first-order valence-electron chi connectivity index (χ1n) is 7.08. The zero-order chi connectivity index (χ0) is 16.6. The minimum Gasteiger partial charge on any atom is -0.503 e. The number of benzene rings is 2. The third-order valence-corrected chi connectivity index (χ3v) is 3.86. The fourth-order valence-electron chi connectivity index (χ4n) is 2.51. The smallest absolute Gasteiger partial charge is 0.197 e. The molecule has 0 bridgehead atoms. The normalized spacial score (nSPS) is 13.2. The SMILES string of the molecule is CCOc1cc(C=C2C(=O)c3ccccc3C2=O)cc(Cl)c1O. The van der Waals surface area contributed by atoms with Gasteiger partial charge < -0.3 is 9.84 Å². The second-order valence-electron chi connectivity index (χ2n) is 5.04. The number of fused-ring (bicyclic) bond motifs is 1. The quantitative estimate of drug-likeness (QED) is 0.685. The molecule has 4 nitrogen and oxygen atoms in total. The molecule has 116 valence electrons. The topological polar surface area (TPSA) is 63.6 Å². The summed E-state index contributed by atoms with van der Waals surface area (Å²) in [5.74, 6) is -0.578. The molecule has 0 aromatic heterocycles. The molecule has 0 amide bonds. The largest absolute Gasteiger partial charge is 0.503 e. The number of ether oxygens (including phenoxy) is 1. The molecule has 2 aromatic rings. The molecule has 0 atom stereocenters. The molecule has 0 spiro atoms. The number of carbonyl (C=O) groups excluding carboxylic acids is 2. The fraction of sp³-hybridized carbons (Fsp3) is 0.111. The number of ketones is 2. The summed E-state index contributed by atoms with van der Waals surface area (Å²) in [5.41, 5.74) is 1.40. The van der Waals surface area contributed by atoms with Gasteiger partial charge in [0, 0.05) is 11.1 Å². The van der Waals surface area contributed by atoms with E-state index >= 15 is 0 Å². The van der Waals surface area contributed by atoms with Crippen LogP contribution < -0.4 is 4.74 Å². The highest BCUT2D eigenvalue weighted by Crippen LogP contribution is 2.36. The van der Waals surface area contributed by atoms with E-state index in [4.69, 9.17) is 16.3 Å². The van der Waals surface area contributed by atoms with Crippen LogP contribution >= 0.6 is 11.6 Å². The van der Waals surface area contributed by atoms with Crippen LogP contribution in [0.4, 0.5) is 0 Å². The first-order valence-corrected chi connectivity index (χ1v) is 7.46. The van der Waals surface area contributed by atoms with Crippen molar-refractivity contribution in [2.75, 3.05) is 6.61 Å². The van der Waals surface area contributed by atoms with Crippen molar-refractivity contribution in [1.29, 1.82) is 0 Å². The van der Waals surface area contributed by atoms with E-state index in [1.807, 2.05) is 0 Å². The number of allylic oxidation sites excluding steroid dienone is 1. The number of carbonyl (C=O) groups is 2. The summed E-state index contributed by atoms with van der Waals surface area (Å²) in [6.07, 6.45) is 1.47. The van der Waals surface area contributed by atoms with Crippen LogP contribution in [-0.4, -0.2) is 23.3 Å². The summed E-state index contributed by atoms with van der Waals surface area (Å²) in [6.45, 7) is 2.13. The van der Waals surface area contributed by atoms with Crippen LogP contribution in [0.3, 0.4) is 0 Å². The lowest BCUT2D eigenvalue weighted by molar-refractivity contribution is 0.0990. The highest BCUT2D eigenvalue weighted by molar-refractivity contribution is 6.41. The second kappa shape index (κ2) is 5.89. The van der Waals surface area contributed by atoms with Crippen molar-refractivity contribution in [1.82, 2.24) is 0 Å². The van der Waals surface area contributed by atoms with Gasteiger partial charge in [0.15, 0.2) is 23.1 Å². The standard InChI is InChI=1S/C18H13ClO4/c1-2-23-15-9-10(8-14(19)18(15)22)7-13-16(20)11-5-3-4-6-12(11)17(13)21/h3-9,22H,2H2,1H3. The van der Waals surface area contributed by atoms with Crippen molar-refractivity contribution in [3.63, 3.8) is 0 Å². The number of hydrogen-bond acceptors (Lipinski definition) is 4. The van der Waals surface area contributed by atoms with E-state index in [1.165, 1.54) is 12.1 Å². The van der Waals surface area contributed by atoms with E-state index in [2.05, 4.69) is 0 Å². The zero-order valence-corrected chi connectivity index (χ0v) is 13.1. The zero-order valence-electron chi connectivity index (χ0n) is 12.3. The Kier molecular flexibility index (Phi) is 3.92. The molecule has 1 N–H and O–H groups in total. The number of Topliss-reactive ketones (excluding diaryl/α,β-unsaturated/α-hetero) is 2. The average molecular weight is 329 g/mol. The Morgan fingerprint density at radius 2 is 1.74 bits per heavy atom. The summed E-state index contributed by atoms with van der Waals surface area (Å²) in [4.78, 5) is 24.7. The number of aromatic hydroxyl groups is 1. The molecular formula is C18H13ClO4. The highest BCUT2D eigenvalue weighted by atomic mass is 35.5. The van der Waals surface area contributed by atoms with Gasteiger partial charge in [-0.1, -0.05) is 35.9 Å². The van der Waals surface area contributed by atoms with Crippen molar-refractivity contribution in [3.8, 4) is 11.5 Å². The predicted molar refractivity (Wildman–Crippen MR) is 87.4 cm³/mol. The monoisotopic (exact) mass is 328 g/mol. The third-order valence-electron chi connectivity index (χ3n) is 3.57. The second-order valence-corrected chi connectivity index (χ2v) is 5.45. The molecule has 2 aromatic carbocycles. The Hall–Kier alpha value is -2.59. The molecule has 0 aliphatic heterocycles. The minimum absolute atomic E-state index is 0.0791. The van der Waals surface area contributed by atoms with Gasteiger partial charge in [-0.3, -0.25) is 9.59 Å². The molecule has 23 heavy (non-hydrogen) atoms. The number of halogens is 1.